The summed E-state index contributed by atoms with van der Waals surface area (Å²) >= 11 is 0. The van der Waals surface area contributed by atoms with E-state index >= 15 is 0 Å². The maximum absolute atomic E-state index is 11.3. The number of hydrazine groups is 1. The largest absolute Gasteiger partial charge is 0.300 e. The molecule has 0 aliphatic heterocycles. The molecule has 2 aromatic rings. The highest BCUT2D eigenvalue weighted by Gasteiger charge is 2.08. The van der Waals surface area contributed by atoms with Crippen molar-refractivity contribution in [1.82, 2.24) is 5.43 Å². The summed E-state index contributed by atoms with van der Waals surface area (Å²) in [4.78, 5) is 11.3. The van der Waals surface area contributed by atoms with Crippen LogP contribution in [-0.2, 0) is 4.79 Å². The van der Waals surface area contributed by atoms with Crippen molar-refractivity contribution in [3.63, 3.8) is 0 Å². The van der Waals surface area contributed by atoms with Gasteiger partial charge in [-0.15, -0.1) is 0 Å². The van der Waals surface area contributed by atoms with Gasteiger partial charge in [-0.05, 0) is 31.2 Å². The quantitative estimate of drug-likeness (QED) is 0.517. The minimum Gasteiger partial charge on any atom is -0.300 e. The fourth-order valence-corrected chi connectivity index (χ4v) is 1.79. The number of rotatable bonds is 5. The van der Waals surface area contributed by atoms with E-state index < -0.39 is 0 Å². The van der Waals surface area contributed by atoms with E-state index in [2.05, 4.69) is 5.43 Å². The van der Waals surface area contributed by atoms with Crippen LogP contribution in [-0.4, -0.2) is 5.78 Å². The molecule has 0 heterocycles. The van der Waals surface area contributed by atoms with Crippen LogP contribution in [0.25, 0.3) is 0 Å². The Bertz CT molecular complexity index is 633. The molecule has 104 valence electrons. The lowest BCUT2D eigenvalue weighted by atomic mass is 10.2. The van der Waals surface area contributed by atoms with Gasteiger partial charge in [-0.25, -0.2) is 0 Å². The summed E-state index contributed by atoms with van der Waals surface area (Å²) < 4.78 is 0. The van der Waals surface area contributed by atoms with Crippen molar-refractivity contribution in [1.29, 1.82) is 5.26 Å². The molecule has 2 rings (SSSR count). The second-order valence-electron chi connectivity index (χ2n) is 4.36. The smallest absolute Gasteiger partial charge is 0.171 e. The van der Waals surface area contributed by atoms with Crippen LogP contribution in [0.2, 0.25) is 0 Å². The number of nitrogens with one attached hydrogen (secondary N) is 1. The number of nitrogens with zero attached hydrogens (tertiary/aromatic N) is 2. The van der Waals surface area contributed by atoms with E-state index in [1.54, 1.807) is 5.01 Å². The first-order valence-corrected chi connectivity index (χ1v) is 6.50. The third-order valence-corrected chi connectivity index (χ3v) is 2.87. The van der Waals surface area contributed by atoms with Gasteiger partial charge in [0.1, 0.15) is 11.6 Å². The zero-order chi connectivity index (χ0) is 15.1. The van der Waals surface area contributed by atoms with Gasteiger partial charge >= 0.3 is 0 Å². The van der Waals surface area contributed by atoms with Crippen molar-refractivity contribution >= 4 is 17.2 Å². The van der Waals surface area contributed by atoms with Crippen LogP contribution in [0.3, 0.4) is 0 Å². The highest BCUT2D eigenvalue weighted by atomic mass is 16.1. The first kappa shape index (κ1) is 14.4. The number of carbonyl (C=O) groups excluding carboxylic acids is 1. The molecule has 0 amide bonds. The number of Topliss-reactive ketones (excluding diaryl/α,β-unsaturated/α-hetero) is 1. The van der Waals surface area contributed by atoms with Crippen molar-refractivity contribution < 1.29 is 4.79 Å². The molecule has 0 saturated heterocycles. The summed E-state index contributed by atoms with van der Waals surface area (Å²) in [7, 11) is 0. The van der Waals surface area contributed by atoms with Gasteiger partial charge in [0.2, 0.25) is 0 Å². The number of nitriles is 1. The van der Waals surface area contributed by atoms with Crippen LogP contribution in [0.15, 0.2) is 72.4 Å². The molecule has 4 heteroatoms. The number of hydrogen-bond acceptors (Lipinski definition) is 4. The Morgan fingerprint density at radius 3 is 1.90 bits per heavy atom. The summed E-state index contributed by atoms with van der Waals surface area (Å²) in [5.41, 5.74) is 4.90. The lowest BCUT2D eigenvalue weighted by molar-refractivity contribution is -0.113. The predicted molar refractivity (Wildman–Crippen MR) is 82.5 cm³/mol. The SMILES string of the molecule is CC(=O)/C(C#N)=C\NN(c1ccccc1)c1ccccc1. The van der Waals surface area contributed by atoms with Gasteiger partial charge in [0.05, 0.1) is 11.4 Å². The molecule has 0 aliphatic rings. The number of carbonyl (C=O) groups is 1. The summed E-state index contributed by atoms with van der Waals surface area (Å²) in [6.45, 7) is 1.37. The minimum absolute atomic E-state index is 0.0758. The number of ketones is 1. The molecule has 0 saturated carbocycles. The van der Waals surface area contributed by atoms with E-state index in [4.69, 9.17) is 5.26 Å². The fourth-order valence-electron chi connectivity index (χ4n) is 1.79. The summed E-state index contributed by atoms with van der Waals surface area (Å²) in [5.74, 6) is -0.272. The standard InChI is InChI=1S/C17H15N3O/c1-14(21)15(12-18)13-19-20(16-8-4-2-5-9-16)17-10-6-3-7-11-17/h2-11,13,19H,1H3/b15-13-. The highest BCUT2D eigenvalue weighted by molar-refractivity contribution is 5.97. The number of anilines is 2. The number of para-hydroxylation sites is 2. The average Bonchev–Trinajstić information content (AvgIpc) is 2.53. The molecule has 0 aromatic heterocycles. The van der Waals surface area contributed by atoms with E-state index in [0.717, 1.165) is 11.4 Å². The molecule has 0 aliphatic carbocycles. The fraction of sp³-hybridized carbons (Fsp3) is 0.0588. The molecule has 0 atom stereocenters. The van der Waals surface area contributed by atoms with Crippen molar-refractivity contribution in [2.45, 2.75) is 6.92 Å². The molecule has 1 N–H and O–H groups in total. The van der Waals surface area contributed by atoms with Gasteiger partial charge in [-0.3, -0.25) is 15.2 Å². The van der Waals surface area contributed by atoms with Crippen LogP contribution < -0.4 is 10.4 Å². The zero-order valence-corrected chi connectivity index (χ0v) is 11.7. The Kier molecular flexibility index (Phi) is 4.73. The topological polar surface area (TPSA) is 56.1 Å². The van der Waals surface area contributed by atoms with E-state index in [9.17, 15) is 4.79 Å². The Morgan fingerprint density at radius 1 is 1.05 bits per heavy atom. The molecule has 0 radical (unpaired) electrons. The van der Waals surface area contributed by atoms with Crippen LogP contribution in [0.4, 0.5) is 11.4 Å². The maximum Gasteiger partial charge on any atom is 0.171 e. The monoisotopic (exact) mass is 277 g/mol. The number of allylic oxidation sites excluding steroid dienone is 1. The van der Waals surface area contributed by atoms with Crippen LogP contribution in [0, 0.1) is 11.3 Å². The van der Waals surface area contributed by atoms with Crippen molar-refractivity contribution in [3.8, 4) is 6.07 Å². The lowest BCUT2D eigenvalue weighted by Gasteiger charge is -2.24. The minimum atomic E-state index is -0.272. The highest BCUT2D eigenvalue weighted by Crippen LogP contribution is 2.22. The van der Waals surface area contributed by atoms with E-state index in [1.807, 2.05) is 66.7 Å². The van der Waals surface area contributed by atoms with Gasteiger partial charge in [-0.2, -0.15) is 5.26 Å². The molecular formula is C17H15N3O. The summed E-state index contributed by atoms with van der Waals surface area (Å²) in [6.07, 6.45) is 1.42. The summed E-state index contributed by atoms with van der Waals surface area (Å²) in [6, 6.07) is 21.2. The molecule has 0 unspecified atom stereocenters. The van der Waals surface area contributed by atoms with Gasteiger partial charge in [-0.1, -0.05) is 36.4 Å². The molecule has 4 nitrogen and oxygen atoms in total. The molecular weight excluding hydrogens is 262 g/mol. The van der Waals surface area contributed by atoms with Crippen LogP contribution in [0.5, 0.6) is 0 Å². The maximum atomic E-state index is 11.3. The third-order valence-electron chi connectivity index (χ3n) is 2.87. The van der Waals surface area contributed by atoms with E-state index in [1.165, 1.54) is 13.1 Å². The molecule has 0 spiro atoms. The molecule has 21 heavy (non-hydrogen) atoms. The average molecular weight is 277 g/mol. The lowest BCUT2D eigenvalue weighted by Crippen LogP contribution is -2.30. The van der Waals surface area contributed by atoms with Crippen LogP contribution in [0.1, 0.15) is 6.92 Å². The van der Waals surface area contributed by atoms with Crippen molar-refractivity contribution in [2.75, 3.05) is 5.01 Å². The van der Waals surface area contributed by atoms with Gasteiger partial charge in [0.15, 0.2) is 5.78 Å². The van der Waals surface area contributed by atoms with Gasteiger partial charge in [0, 0.05) is 6.20 Å². The Labute approximate surface area is 123 Å². The predicted octanol–water partition coefficient (Wildman–Crippen LogP) is 3.33. The van der Waals surface area contributed by atoms with Gasteiger partial charge in [0.25, 0.3) is 0 Å². The second-order valence-corrected chi connectivity index (χ2v) is 4.36. The first-order valence-electron chi connectivity index (χ1n) is 6.50. The Balaban J connectivity index is 2.35. The van der Waals surface area contributed by atoms with E-state index in [0.29, 0.717) is 0 Å². The van der Waals surface area contributed by atoms with Crippen LogP contribution >= 0.6 is 0 Å². The van der Waals surface area contributed by atoms with Crippen molar-refractivity contribution in [3.05, 3.63) is 72.4 Å². The zero-order valence-electron chi connectivity index (χ0n) is 11.7. The summed E-state index contributed by atoms with van der Waals surface area (Å²) in [5, 5.41) is 10.8. The Morgan fingerprint density at radius 2 is 1.52 bits per heavy atom. The van der Waals surface area contributed by atoms with Gasteiger partial charge < -0.3 is 0 Å². The number of hydrogen-bond donors (Lipinski definition) is 1. The third kappa shape index (κ3) is 3.71. The normalized spacial score (nSPS) is 10.6. The molecule has 0 bridgehead atoms. The second kappa shape index (κ2) is 6.92. The molecule has 2 aromatic carbocycles. The Hall–Kier alpha value is -3.06. The van der Waals surface area contributed by atoms with E-state index in [-0.39, 0.29) is 11.4 Å². The van der Waals surface area contributed by atoms with Crippen molar-refractivity contribution in [2.24, 2.45) is 0 Å². The number of benzene rings is 2. The molecule has 0 fully saturated rings. The first-order chi connectivity index (χ1) is 10.2.